The molecule has 0 amide bonds. The summed E-state index contributed by atoms with van der Waals surface area (Å²) in [6.07, 6.45) is 7.08. The molecule has 0 spiro atoms. The number of nitrogens with one attached hydrogen (secondary N) is 1. The van der Waals surface area contributed by atoms with Crippen LogP contribution in [-0.4, -0.2) is 27.3 Å². The molecular weight excluding hydrogens is 362 g/mol. The fraction of sp³-hybridized carbons (Fsp3) is 0.130. The van der Waals surface area contributed by atoms with Crippen molar-refractivity contribution >= 4 is 0 Å². The third-order valence-corrected chi connectivity index (χ3v) is 4.74. The zero-order chi connectivity index (χ0) is 20.2. The smallest absolute Gasteiger partial charge is 0.119 e. The maximum Gasteiger partial charge on any atom is 0.119 e. The number of rotatable bonds is 5. The van der Waals surface area contributed by atoms with Crippen LogP contribution < -0.4 is 4.74 Å². The molecule has 1 unspecified atom stereocenters. The van der Waals surface area contributed by atoms with Gasteiger partial charge in [-0.05, 0) is 60.0 Å². The molecule has 29 heavy (non-hydrogen) atoms. The summed E-state index contributed by atoms with van der Waals surface area (Å²) in [7, 11) is 1.62. The van der Waals surface area contributed by atoms with Crippen molar-refractivity contribution in [2.24, 2.45) is 0 Å². The Balaban J connectivity index is 1.78. The van der Waals surface area contributed by atoms with Gasteiger partial charge >= 0.3 is 0 Å². The monoisotopic (exact) mass is 381 g/mol. The molecule has 1 N–H and O–H groups in total. The number of benzene rings is 1. The van der Waals surface area contributed by atoms with Gasteiger partial charge in [0.05, 0.1) is 24.6 Å². The molecule has 3 aromatic heterocycles. The Kier molecular flexibility index (Phi) is 5.04. The highest BCUT2D eigenvalue weighted by atomic mass is 16.5. The summed E-state index contributed by atoms with van der Waals surface area (Å²) in [6.45, 7) is 1.98. The highest BCUT2D eigenvalue weighted by molar-refractivity contribution is 5.72. The van der Waals surface area contributed by atoms with E-state index in [1.165, 1.54) is 0 Å². The molecule has 1 atom stereocenters. The van der Waals surface area contributed by atoms with Crippen LogP contribution in [0.2, 0.25) is 0 Å². The van der Waals surface area contributed by atoms with Gasteiger partial charge in [-0.25, -0.2) is 0 Å². The number of pyridine rings is 2. The van der Waals surface area contributed by atoms with Crippen LogP contribution in [0.25, 0.3) is 22.4 Å². The number of aromatic nitrogens is 4. The van der Waals surface area contributed by atoms with Crippen molar-refractivity contribution in [3.8, 4) is 34.2 Å². The molecule has 0 saturated heterocycles. The molecule has 0 aliphatic carbocycles. The Hall–Kier alpha value is -3.98. The minimum absolute atomic E-state index is 0.528. The van der Waals surface area contributed by atoms with E-state index < -0.39 is 5.92 Å². The van der Waals surface area contributed by atoms with Crippen LogP contribution in [0, 0.1) is 18.3 Å². The Morgan fingerprint density at radius 1 is 1.10 bits per heavy atom. The first-order valence-electron chi connectivity index (χ1n) is 9.15. The average molecular weight is 381 g/mol. The van der Waals surface area contributed by atoms with Crippen LogP contribution in [-0.2, 0) is 0 Å². The fourth-order valence-corrected chi connectivity index (χ4v) is 3.38. The standard InChI is InChI=1S/C23H19N5O/c1-15-8-18(10-19(9-15)29-2)20(12-24)23-21(14-27-28-23)16-5-7-26-22(11-16)17-4-3-6-25-13-17/h3-11,13-14,20H,1-2H3,(H,27,28). The van der Waals surface area contributed by atoms with E-state index in [1.54, 1.807) is 25.7 Å². The Morgan fingerprint density at radius 3 is 2.76 bits per heavy atom. The Labute approximate surface area is 168 Å². The molecule has 6 nitrogen and oxygen atoms in total. The van der Waals surface area contributed by atoms with Gasteiger partial charge in [0.25, 0.3) is 0 Å². The van der Waals surface area contributed by atoms with E-state index in [9.17, 15) is 5.26 Å². The summed E-state index contributed by atoms with van der Waals surface area (Å²) in [5.74, 6) is 0.195. The summed E-state index contributed by atoms with van der Waals surface area (Å²) in [5, 5.41) is 17.3. The number of nitriles is 1. The van der Waals surface area contributed by atoms with Crippen LogP contribution in [0.3, 0.4) is 0 Å². The number of ether oxygens (including phenoxy) is 1. The normalized spacial score (nSPS) is 11.6. The molecule has 0 fully saturated rings. The molecule has 0 aliphatic rings. The second-order valence-corrected chi connectivity index (χ2v) is 6.70. The van der Waals surface area contributed by atoms with E-state index in [0.717, 1.165) is 39.3 Å². The second kappa shape index (κ2) is 7.95. The fourth-order valence-electron chi connectivity index (χ4n) is 3.38. The van der Waals surface area contributed by atoms with Crippen LogP contribution in [0.4, 0.5) is 0 Å². The summed E-state index contributed by atoms with van der Waals surface area (Å²) in [6, 6.07) is 15.9. The lowest BCUT2D eigenvalue weighted by Crippen LogP contribution is -2.02. The van der Waals surface area contributed by atoms with Crippen molar-refractivity contribution in [1.29, 1.82) is 5.26 Å². The lowest BCUT2D eigenvalue weighted by atomic mass is 9.91. The van der Waals surface area contributed by atoms with Crippen molar-refractivity contribution in [2.45, 2.75) is 12.8 Å². The molecule has 6 heteroatoms. The van der Waals surface area contributed by atoms with Crippen molar-refractivity contribution in [1.82, 2.24) is 20.2 Å². The van der Waals surface area contributed by atoms with E-state index in [4.69, 9.17) is 4.74 Å². The largest absolute Gasteiger partial charge is 0.497 e. The molecule has 0 saturated carbocycles. The van der Waals surface area contributed by atoms with Crippen LogP contribution >= 0.6 is 0 Å². The van der Waals surface area contributed by atoms with Crippen molar-refractivity contribution in [3.63, 3.8) is 0 Å². The predicted molar refractivity (Wildman–Crippen MR) is 110 cm³/mol. The summed E-state index contributed by atoms with van der Waals surface area (Å²) < 4.78 is 5.38. The number of methoxy groups -OCH3 is 1. The molecule has 3 heterocycles. The van der Waals surface area contributed by atoms with Crippen LogP contribution in [0.15, 0.2) is 67.3 Å². The van der Waals surface area contributed by atoms with Gasteiger partial charge in [-0.2, -0.15) is 10.4 Å². The molecule has 4 rings (SSSR count). The third-order valence-electron chi connectivity index (χ3n) is 4.74. The molecule has 142 valence electrons. The van der Waals surface area contributed by atoms with Crippen molar-refractivity contribution in [2.75, 3.05) is 7.11 Å². The maximum atomic E-state index is 9.94. The van der Waals surface area contributed by atoms with Crippen molar-refractivity contribution in [3.05, 3.63) is 84.1 Å². The highest BCUT2D eigenvalue weighted by Crippen LogP contribution is 2.34. The summed E-state index contributed by atoms with van der Waals surface area (Å²) in [4.78, 5) is 8.62. The molecule has 4 aromatic rings. The minimum Gasteiger partial charge on any atom is -0.497 e. The van der Waals surface area contributed by atoms with Crippen molar-refractivity contribution < 1.29 is 4.74 Å². The third kappa shape index (κ3) is 3.71. The number of hydrogen-bond donors (Lipinski definition) is 1. The minimum atomic E-state index is -0.528. The lowest BCUT2D eigenvalue weighted by Gasteiger charge is -2.13. The van der Waals surface area contributed by atoms with E-state index in [0.29, 0.717) is 5.69 Å². The second-order valence-electron chi connectivity index (χ2n) is 6.70. The number of aromatic amines is 1. The molecule has 0 radical (unpaired) electrons. The zero-order valence-corrected chi connectivity index (χ0v) is 16.1. The number of nitrogens with zero attached hydrogens (tertiary/aromatic N) is 4. The molecule has 0 aliphatic heterocycles. The van der Waals surface area contributed by atoms with Gasteiger partial charge in [-0.3, -0.25) is 15.1 Å². The van der Waals surface area contributed by atoms with Crippen LogP contribution in [0.1, 0.15) is 22.7 Å². The van der Waals surface area contributed by atoms with E-state index in [-0.39, 0.29) is 0 Å². The van der Waals surface area contributed by atoms with Gasteiger partial charge in [-0.1, -0.05) is 6.07 Å². The first kappa shape index (κ1) is 18.4. The molecular formula is C23H19N5O. The van der Waals surface area contributed by atoms with E-state index in [2.05, 4.69) is 26.2 Å². The first-order valence-corrected chi connectivity index (χ1v) is 9.15. The SMILES string of the molecule is COc1cc(C)cc(C(C#N)c2n[nH]cc2-c2ccnc(-c3cccnc3)c2)c1. The summed E-state index contributed by atoms with van der Waals surface area (Å²) >= 11 is 0. The molecule has 0 bridgehead atoms. The van der Waals surface area contributed by atoms with Gasteiger partial charge in [0, 0.05) is 35.9 Å². The number of H-pyrrole nitrogens is 1. The van der Waals surface area contributed by atoms with Crippen LogP contribution in [0.5, 0.6) is 5.75 Å². The zero-order valence-electron chi connectivity index (χ0n) is 16.1. The van der Waals surface area contributed by atoms with Gasteiger partial charge in [0.15, 0.2) is 0 Å². The van der Waals surface area contributed by atoms with E-state index >= 15 is 0 Å². The average Bonchev–Trinajstić information content (AvgIpc) is 3.24. The topological polar surface area (TPSA) is 87.5 Å². The van der Waals surface area contributed by atoms with Gasteiger partial charge in [0.2, 0.25) is 0 Å². The Morgan fingerprint density at radius 2 is 2.00 bits per heavy atom. The molecule has 1 aromatic carbocycles. The predicted octanol–water partition coefficient (Wildman–Crippen LogP) is 4.51. The number of aryl methyl sites for hydroxylation is 1. The van der Waals surface area contributed by atoms with Gasteiger partial charge < -0.3 is 4.74 Å². The quantitative estimate of drug-likeness (QED) is 0.550. The number of hydrogen-bond acceptors (Lipinski definition) is 5. The van der Waals surface area contributed by atoms with E-state index in [1.807, 2.05) is 55.6 Å². The lowest BCUT2D eigenvalue weighted by molar-refractivity contribution is 0.414. The van der Waals surface area contributed by atoms with Gasteiger partial charge in [-0.15, -0.1) is 0 Å². The Bertz CT molecular complexity index is 1180. The highest BCUT2D eigenvalue weighted by Gasteiger charge is 2.22. The first-order chi connectivity index (χ1) is 14.2. The van der Waals surface area contributed by atoms with Gasteiger partial charge in [0.1, 0.15) is 11.7 Å². The maximum absolute atomic E-state index is 9.94. The summed E-state index contributed by atoms with van der Waals surface area (Å²) in [5.41, 5.74) is 6.09.